The molecule has 1 aromatic rings. The summed E-state index contributed by atoms with van der Waals surface area (Å²) in [5.41, 5.74) is 3.41. The van der Waals surface area contributed by atoms with Gasteiger partial charge in [0, 0.05) is 18.9 Å². The Morgan fingerprint density at radius 3 is 2.33 bits per heavy atom. The number of aryl methyl sites for hydroxylation is 1. The van der Waals surface area contributed by atoms with Gasteiger partial charge in [-0.15, -0.1) is 0 Å². The number of anilines is 1. The van der Waals surface area contributed by atoms with Gasteiger partial charge in [0.15, 0.2) is 0 Å². The lowest BCUT2D eigenvalue weighted by atomic mass is 10.0. The second kappa shape index (κ2) is 6.80. The molecule has 1 rings (SSSR count). The van der Waals surface area contributed by atoms with Crippen LogP contribution in [0.3, 0.4) is 0 Å². The molecule has 0 saturated heterocycles. The highest BCUT2D eigenvalue weighted by molar-refractivity contribution is 5.67. The van der Waals surface area contributed by atoms with Gasteiger partial charge in [-0.3, -0.25) is 4.79 Å². The van der Waals surface area contributed by atoms with Gasteiger partial charge in [0.1, 0.15) is 6.29 Å². The fraction of sp³-hybridized carbons (Fsp3) is 0.312. The first-order valence-corrected chi connectivity index (χ1v) is 6.17. The van der Waals surface area contributed by atoms with E-state index in [0.29, 0.717) is 5.92 Å². The maximum atomic E-state index is 10.5. The first-order chi connectivity index (χ1) is 8.54. The number of benzene rings is 1. The molecule has 0 fully saturated rings. The molecule has 0 N–H and O–H groups in total. The Kier molecular flexibility index (Phi) is 5.37. The highest BCUT2D eigenvalue weighted by Crippen LogP contribution is 2.16. The van der Waals surface area contributed by atoms with Gasteiger partial charge in [0.25, 0.3) is 0 Å². The van der Waals surface area contributed by atoms with Crippen LogP contribution in [0, 0.1) is 12.8 Å². The van der Waals surface area contributed by atoms with Crippen LogP contribution in [0.4, 0.5) is 5.69 Å². The van der Waals surface area contributed by atoms with Gasteiger partial charge in [-0.25, -0.2) is 0 Å². The molecule has 0 aliphatic rings. The largest absolute Gasteiger partial charge is 0.351 e. The summed E-state index contributed by atoms with van der Waals surface area (Å²) in [7, 11) is 2.00. The quantitative estimate of drug-likeness (QED) is 0.446. The number of rotatable bonds is 5. The summed E-state index contributed by atoms with van der Waals surface area (Å²) < 4.78 is 0. The van der Waals surface area contributed by atoms with Gasteiger partial charge in [-0.05, 0) is 42.7 Å². The molecular weight excluding hydrogens is 222 g/mol. The molecule has 2 heteroatoms. The minimum atomic E-state index is 0.345. The van der Waals surface area contributed by atoms with Crippen LogP contribution < -0.4 is 4.90 Å². The molecule has 18 heavy (non-hydrogen) atoms. The summed E-state index contributed by atoms with van der Waals surface area (Å²) >= 11 is 0. The molecule has 0 atom stereocenters. The Balaban J connectivity index is 2.80. The van der Waals surface area contributed by atoms with Gasteiger partial charge in [-0.2, -0.15) is 0 Å². The zero-order chi connectivity index (χ0) is 13.5. The zero-order valence-electron chi connectivity index (χ0n) is 11.6. The minimum Gasteiger partial charge on any atom is -0.351 e. The van der Waals surface area contributed by atoms with Crippen LogP contribution in [0.5, 0.6) is 0 Å². The lowest BCUT2D eigenvalue weighted by Gasteiger charge is -2.15. The maximum Gasteiger partial charge on any atom is 0.143 e. The Bertz CT molecular complexity index is 441. The van der Waals surface area contributed by atoms with E-state index in [1.54, 1.807) is 6.08 Å². The molecule has 96 valence electrons. The van der Waals surface area contributed by atoms with E-state index >= 15 is 0 Å². The van der Waals surface area contributed by atoms with Gasteiger partial charge < -0.3 is 4.90 Å². The molecule has 1 aromatic carbocycles. The summed E-state index contributed by atoms with van der Waals surface area (Å²) in [6, 6.07) is 8.34. The molecule has 0 unspecified atom stereocenters. The fourth-order valence-corrected chi connectivity index (χ4v) is 1.58. The van der Waals surface area contributed by atoms with Crippen LogP contribution in [0.1, 0.15) is 19.4 Å². The summed E-state index contributed by atoms with van der Waals surface area (Å²) in [6.45, 7) is 6.22. The van der Waals surface area contributed by atoms with Crippen molar-refractivity contribution in [3.05, 3.63) is 53.8 Å². The predicted molar refractivity (Wildman–Crippen MR) is 77.7 cm³/mol. The lowest BCUT2D eigenvalue weighted by molar-refractivity contribution is -0.104. The normalized spacial score (nSPS) is 12.2. The van der Waals surface area contributed by atoms with Gasteiger partial charge in [0.05, 0.1) is 0 Å². The second-order valence-corrected chi connectivity index (χ2v) is 4.72. The van der Waals surface area contributed by atoms with Crippen molar-refractivity contribution < 1.29 is 4.79 Å². The van der Waals surface area contributed by atoms with Crippen molar-refractivity contribution in [2.45, 2.75) is 20.8 Å². The molecule has 2 nitrogen and oxygen atoms in total. The van der Waals surface area contributed by atoms with E-state index in [1.807, 2.05) is 24.2 Å². The average molecular weight is 243 g/mol. The standard InChI is InChI=1S/C16H21NO/c1-13(2)15(10-12-18)9-11-17(4)16-7-5-14(3)6-8-16/h5-13H,1-4H3/b11-9-,15-10+. The number of carbonyl (C=O) groups excluding carboxylic acids is 1. The third-order valence-electron chi connectivity index (χ3n) is 2.86. The number of hydrogen-bond acceptors (Lipinski definition) is 2. The Labute approximate surface area is 110 Å². The van der Waals surface area contributed by atoms with Gasteiger partial charge >= 0.3 is 0 Å². The molecule has 0 amide bonds. The van der Waals surface area contributed by atoms with Gasteiger partial charge in [0.2, 0.25) is 0 Å². The van der Waals surface area contributed by atoms with E-state index < -0.39 is 0 Å². The van der Waals surface area contributed by atoms with Crippen LogP contribution in [0.15, 0.2) is 48.2 Å². The minimum absolute atomic E-state index is 0.345. The zero-order valence-corrected chi connectivity index (χ0v) is 11.6. The van der Waals surface area contributed by atoms with Crippen molar-refractivity contribution in [3.63, 3.8) is 0 Å². The molecule has 0 radical (unpaired) electrons. The van der Waals surface area contributed by atoms with E-state index in [9.17, 15) is 4.79 Å². The van der Waals surface area contributed by atoms with E-state index in [2.05, 4.69) is 45.0 Å². The molecule has 0 aliphatic heterocycles. The van der Waals surface area contributed by atoms with Crippen molar-refractivity contribution in [3.8, 4) is 0 Å². The van der Waals surface area contributed by atoms with Crippen molar-refractivity contribution in [2.75, 3.05) is 11.9 Å². The molecule has 0 saturated carbocycles. The molecule has 0 aromatic heterocycles. The summed E-state index contributed by atoms with van der Waals surface area (Å²) in [6.07, 6.45) is 6.43. The summed E-state index contributed by atoms with van der Waals surface area (Å²) in [4.78, 5) is 12.6. The highest BCUT2D eigenvalue weighted by Gasteiger charge is 2.00. The third-order valence-corrected chi connectivity index (χ3v) is 2.86. The van der Waals surface area contributed by atoms with E-state index in [0.717, 1.165) is 17.5 Å². The van der Waals surface area contributed by atoms with Crippen molar-refractivity contribution in [1.29, 1.82) is 0 Å². The number of allylic oxidation sites excluding steroid dienone is 3. The number of nitrogens with zero attached hydrogens (tertiary/aromatic N) is 1. The van der Waals surface area contributed by atoms with Crippen LogP contribution in [0.25, 0.3) is 0 Å². The first kappa shape index (κ1) is 14.2. The van der Waals surface area contributed by atoms with Gasteiger partial charge in [-0.1, -0.05) is 31.5 Å². The monoisotopic (exact) mass is 243 g/mol. The first-order valence-electron chi connectivity index (χ1n) is 6.17. The number of aldehydes is 1. The van der Waals surface area contributed by atoms with Crippen molar-refractivity contribution >= 4 is 12.0 Å². The van der Waals surface area contributed by atoms with Crippen LogP contribution >= 0.6 is 0 Å². The predicted octanol–water partition coefficient (Wildman–Crippen LogP) is 3.73. The Morgan fingerprint density at radius 2 is 1.83 bits per heavy atom. The summed E-state index contributed by atoms with van der Waals surface area (Å²) in [5, 5.41) is 0. The Morgan fingerprint density at radius 1 is 1.22 bits per heavy atom. The van der Waals surface area contributed by atoms with Crippen LogP contribution in [-0.4, -0.2) is 13.3 Å². The third kappa shape index (κ3) is 4.21. The topological polar surface area (TPSA) is 20.3 Å². The SMILES string of the molecule is Cc1ccc(N(C)/C=C\C(=C/C=O)C(C)C)cc1. The van der Waals surface area contributed by atoms with E-state index in [4.69, 9.17) is 0 Å². The molecule has 0 heterocycles. The van der Waals surface area contributed by atoms with Crippen LogP contribution in [0.2, 0.25) is 0 Å². The number of carbonyl (C=O) groups is 1. The number of hydrogen-bond donors (Lipinski definition) is 0. The van der Waals surface area contributed by atoms with Crippen LogP contribution in [-0.2, 0) is 4.79 Å². The smallest absolute Gasteiger partial charge is 0.143 e. The second-order valence-electron chi connectivity index (χ2n) is 4.72. The fourth-order valence-electron chi connectivity index (χ4n) is 1.58. The van der Waals surface area contributed by atoms with Crippen molar-refractivity contribution in [2.24, 2.45) is 5.92 Å². The highest BCUT2D eigenvalue weighted by atomic mass is 16.1. The van der Waals surface area contributed by atoms with Crippen molar-refractivity contribution in [1.82, 2.24) is 0 Å². The average Bonchev–Trinajstić information content (AvgIpc) is 2.34. The van der Waals surface area contributed by atoms with E-state index in [1.165, 1.54) is 5.56 Å². The van der Waals surface area contributed by atoms with E-state index in [-0.39, 0.29) is 0 Å². The molecule has 0 spiro atoms. The molecule has 0 aliphatic carbocycles. The molecule has 0 bridgehead atoms. The molecular formula is C16H21NO. The summed E-state index contributed by atoms with van der Waals surface area (Å²) in [5.74, 6) is 0.345. The lowest BCUT2D eigenvalue weighted by Crippen LogP contribution is -2.08. The maximum absolute atomic E-state index is 10.5. The Hall–Kier alpha value is -1.83.